The molecule has 0 aromatic heterocycles. The minimum Gasteiger partial charge on any atom is -0.481 e. The van der Waals surface area contributed by atoms with Gasteiger partial charge in [0.1, 0.15) is 0 Å². The third-order valence-electron chi connectivity index (χ3n) is 2.13. The predicted octanol–water partition coefficient (Wildman–Crippen LogP) is 3.45. The van der Waals surface area contributed by atoms with Crippen LogP contribution in [0.5, 0.6) is 0 Å². The molecule has 0 fully saturated rings. The number of benzene rings is 1. The van der Waals surface area contributed by atoms with Crippen LogP contribution in [0.4, 0.5) is 14.5 Å². The Hall–Kier alpha value is -1.17. The minimum atomic E-state index is -2.89. The quantitative estimate of drug-likeness (QED) is 0.876. The van der Waals surface area contributed by atoms with E-state index in [0.717, 1.165) is 6.92 Å². The molecule has 0 spiro atoms. The Balaban J connectivity index is 2.73. The Labute approximate surface area is 106 Å². The van der Waals surface area contributed by atoms with Crippen LogP contribution >= 0.6 is 15.9 Å². The number of aliphatic carboxylic acids is 1. The number of nitrogens with one attached hydrogen (secondary N) is 1. The number of alkyl halides is 2. The van der Waals surface area contributed by atoms with E-state index in [-0.39, 0.29) is 18.5 Å². The van der Waals surface area contributed by atoms with Gasteiger partial charge in [0, 0.05) is 29.2 Å². The molecule has 0 bridgehead atoms. The average molecular weight is 308 g/mol. The first-order valence-corrected chi connectivity index (χ1v) is 5.73. The van der Waals surface area contributed by atoms with Crippen LogP contribution in [0.2, 0.25) is 0 Å². The van der Waals surface area contributed by atoms with Crippen LogP contribution in [0, 0.1) is 0 Å². The van der Waals surface area contributed by atoms with Crippen molar-refractivity contribution in [2.75, 3.05) is 11.9 Å². The van der Waals surface area contributed by atoms with Gasteiger partial charge in [-0.3, -0.25) is 4.79 Å². The summed E-state index contributed by atoms with van der Waals surface area (Å²) >= 11 is 3.16. The number of hydrogen-bond acceptors (Lipinski definition) is 2. The number of carboxylic acids is 1. The van der Waals surface area contributed by atoms with Crippen molar-refractivity contribution in [2.45, 2.75) is 19.3 Å². The molecule has 0 heterocycles. The van der Waals surface area contributed by atoms with Crippen LogP contribution in [0.1, 0.15) is 18.9 Å². The van der Waals surface area contributed by atoms with Crippen LogP contribution in [-0.2, 0) is 10.7 Å². The molecule has 0 amide bonds. The number of rotatable bonds is 5. The molecule has 0 aliphatic heterocycles. The lowest BCUT2D eigenvalue weighted by molar-refractivity contribution is -0.136. The molecule has 0 atom stereocenters. The van der Waals surface area contributed by atoms with Gasteiger partial charge in [-0.15, -0.1) is 0 Å². The highest BCUT2D eigenvalue weighted by Crippen LogP contribution is 2.32. The number of halogens is 3. The molecule has 0 aliphatic carbocycles. The van der Waals surface area contributed by atoms with Crippen molar-refractivity contribution in [1.82, 2.24) is 0 Å². The van der Waals surface area contributed by atoms with E-state index in [0.29, 0.717) is 10.2 Å². The molecule has 6 heteroatoms. The Kier molecular flexibility index (Phi) is 4.45. The monoisotopic (exact) mass is 307 g/mol. The lowest BCUT2D eigenvalue weighted by Gasteiger charge is -2.13. The van der Waals surface area contributed by atoms with Crippen molar-refractivity contribution in [3.8, 4) is 0 Å². The molecule has 17 heavy (non-hydrogen) atoms. The summed E-state index contributed by atoms with van der Waals surface area (Å²) in [6.07, 6.45) is -0.0296. The van der Waals surface area contributed by atoms with E-state index in [2.05, 4.69) is 21.2 Å². The number of anilines is 1. The zero-order valence-electron chi connectivity index (χ0n) is 9.14. The SMILES string of the molecule is CC(F)(F)c1ccc(NCCC(=O)O)c(Br)c1. The molecule has 0 unspecified atom stereocenters. The van der Waals surface area contributed by atoms with Crippen molar-refractivity contribution in [1.29, 1.82) is 0 Å². The van der Waals surface area contributed by atoms with E-state index in [9.17, 15) is 13.6 Å². The van der Waals surface area contributed by atoms with Crippen molar-refractivity contribution >= 4 is 27.6 Å². The molecule has 1 rings (SSSR count). The van der Waals surface area contributed by atoms with Crippen LogP contribution in [-0.4, -0.2) is 17.6 Å². The van der Waals surface area contributed by atoms with Crippen molar-refractivity contribution in [3.63, 3.8) is 0 Å². The second kappa shape index (κ2) is 5.44. The summed E-state index contributed by atoms with van der Waals surface area (Å²) in [6, 6.07) is 4.13. The van der Waals surface area contributed by atoms with Gasteiger partial charge in [-0.1, -0.05) is 6.07 Å². The average Bonchev–Trinajstić information content (AvgIpc) is 2.18. The highest BCUT2D eigenvalue weighted by Gasteiger charge is 2.24. The Morgan fingerprint density at radius 1 is 1.53 bits per heavy atom. The second-order valence-corrected chi connectivity index (χ2v) is 4.51. The summed E-state index contributed by atoms with van der Waals surface area (Å²) in [5, 5.41) is 11.3. The van der Waals surface area contributed by atoms with Crippen LogP contribution < -0.4 is 5.32 Å². The van der Waals surface area contributed by atoms with Gasteiger partial charge in [0.05, 0.1) is 6.42 Å². The maximum atomic E-state index is 13.0. The summed E-state index contributed by atoms with van der Waals surface area (Å²) in [7, 11) is 0. The maximum Gasteiger partial charge on any atom is 0.305 e. The second-order valence-electron chi connectivity index (χ2n) is 3.65. The first-order chi connectivity index (χ1) is 7.80. The Morgan fingerprint density at radius 3 is 2.65 bits per heavy atom. The normalized spacial score (nSPS) is 11.3. The van der Waals surface area contributed by atoms with E-state index < -0.39 is 11.9 Å². The van der Waals surface area contributed by atoms with Gasteiger partial charge >= 0.3 is 5.97 Å². The van der Waals surface area contributed by atoms with Crippen LogP contribution in [0.3, 0.4) is 0 Å². The van der Waals surface area contributed by atoms with Crippen LogP contribution in [0.25, 0.3) is 0 Å². The van der Waals surface area contributed by atoms with Gasteiger partial charge in [-0.25, -0.2) is 8.78 Å². The van der Waals surface area contributed by atoms with E-state index in [1.54, 1.807) is 0 Å². The molecule has 1 aromatic carbocycles. The summed E-state index contributed by atoms with van der Waals surface area (Å²) < 4.78 is 26.5. The van der Waals surface area contributed by atoms with Crippen molar-refractivity contribution in [3.05, 3.63) is 28.2 Å². The fourth-order valence-electron chi connectivity index (χ4n) is 1.24. The standard InChI is InChI=1S/C11H12BrF2NO2/c1-11(13,14)7-2-3-9(8(12)6-7)15-5-4-10(16)17/h2-3,6,15H,4-5H2,1H3,(H,16,17). The number of hydrogen-bond donors (Lipinski definition) is 2. The molecule has 0 saturated heterocycles. The topological polar surface area (TPSA) is 49.3 Å². The van der Waals surface area contributed by atoms with Gasteiger partial charge < -0.3 is 10.4 Å². The van der Waals surface area contributed by atoms with Gasteiger partial charge in [-0.2, -0.15) is 0 Å². The van der Waals surface area contributed by atoms with Gasteiger partial charge in [0.2, 0.25) is 0 Å². The molecule has 3 nitrogen and oxygen atoms in total. The first kappa shape index (κ1) is 13.9. The maximum absolute atomic E-state index is 13.0. The molecule has 2 N–H and O–H groups in total. The zero-order valence-corrected chi connectivity index (χ0v) is 10.7. The lowest BCUT2D eigenvalue weighted by atomic mass is 10.1. The minimum absolute atomic E-state index is 0.0296. The van der Waals surface area contributed by atoms with E-state index in [1.807, 2.05) is 0 Å². The molecular formula is C11H12BrF2NO2. The smallest absolute Gasteiger partial charge is 0.305 e. The highest BCUT2D eigenvalue weighted by atomic mass is 79.9. The first-order valence-electron chi connectivity index (χ1n) is 4.94. The Morgan fingerprint density at radius 2 is 2.18 bits per heavy atom. The van der Waals surface area contributed by atoms with Gasteiger partial charge in [0.25, 0.3) is 5.92 Å². The molecule has 94 valence electrons. The zero-order chi connectivity index (χ0) is 13.1. The summed E-state index contributed by atoms with van der Waals surface area (Å²) in [4.78, 5) is 10.3. The van der Waals surface area contributed by atoms with E-state index in [4.69, 9.17) is 5.11 Å². The van der Waals surface area contributed by atoms with Crippen LogP contribution in [0.15, 0.2) is 22.7 Å². The largest absolute Gasteiger partial charge is 0.481 e. The molecular weight excluding hydrogens is 296 g/mol. The number of carboxylic acid groups (broad SMARTS) is 1. The summed E-state index contributed by atoms with van der Waals surface area (Å²) in [5.74, 6) is -3.80. The van der Waals surface area contributed by atoms with E-state index >= 15 is 0 Å². The van der Waals surface area contributed by atoms with Gasteiger partial charge in [0.15, 0.2) is 0 Å². The van der Waals surface area contributed by atoms with Crippen molar-refractivity contribution in [2.24, 2.45) is 0 Å². The van der Waals surface area contributed by atoms with Gasteiger partial charge in [-0.05, 0) is 28.1 Å². The summed E-state index contributed by atoms with van der Waals surface area (Å²) in [6.45, 7) is 1.07. The fourth-order valence-corrected chi connectivity index (χ4v) is 1.75. The van der Waals surface area contributed by atoms with Crippen molar-refractivity contribution < 1.29 is 18.7 Å². The molecule has 0 radical (unpaired) electrons. The highest BCUT2D eigenvalue weighted by molar-refractivity contribution is 9.10. The third kappa shape index (κ3) is 4.30. The molecule has 0 aliphatic rings. The number of carbonyl (C=O) groups is 1. The third-order valence-corrected chi connectivity index (χ3v) is 2.79. The molecule has 1 aromatic rings. The fraction of sp³-hybridized carbons (Fsp3) is 0.364. The Bertz CT molecular complexity index is 418. The summed E-state index contributed by atoms with van der Waals surface area (Å²) in [5.41, 5.74) is 0.507. The van der Waals surface area contributed by atoms with E-state index in [1.165, 1.54) is 18.2 Å². The lowest BCUT2D eigenvalue weighted by Crippen LogP contribution is -2.10. The molecule has 0 saturated carbocycles. The predicted molar refractivity (Wildman–Crippen MR) is 64.5 cm³/mol.